The van der Waals surface area contributed by atoms with E-state index < -0.39 is 0 Å². The minimum absolute atomic E-state index is 0.620. The van der Waals surface area contributed by atoms with Crippen molar-refractivity contribution in [2.45, 2.75) is 24.8 Å². The summed E-state index contributed by atoms with van der Waals surface area (Å²) >= 11 is 1.54. The summed E-state index contributed by atoms with van der Waals surface area (Å²) in [6, 6.07) is 0.620. The smallest absolute Gasteiger partial charge is 0.205 e. The second-order valence-corrected chi connectivity index (χ2v) is 4.86. The van der Waals surface area contributed by atoms with Crippen molar-refractivity contribution in [3.05, 3.63) is 5.82 Å². The van der Waals surface area contributed by atoms with Gasteiger partial charge in [0.1, 0.15) is 5.82 Å². The van der Waals surface area contributed by atoms with E-state index in [2.05, 4.69) is 26.6 Å². The van der Waals surface area contributed by atoms with Crippen molar-refractivity contribution in [1.29, 1.82) is 0 Å². The van der Waals surface area contributed by atoms with E-state index in [0.717, 1.165) is 24.0 Å². The molecule has 1 aliphatic heterocycles. The SMILES string of the molecule is CN(c1nc(C2CC2)ns1)C1CNC1. The third-order valence-corrected chi connectivity index (χ3v) is 3.80. The average Bonchev–Trinajstić information content (AvgIpc) is 2.81. The lowest BCUT2D eigenvalue weighted by Gasteiger charge is -2.35. The standard InChI is InChI=1S/C9H14N4S/c1-13(7-4-10-5-7)9-11-8(12-14-9)6-2-3-6/h6-7,10H,2-5H2,1H3. The maximum atomic E-state index is 4.58. The third-order valence-electron chi connectivity index (χ3n) is 2.98. The van der Waals surface area contributed by atoms with Gasteiger partial charge >= 0.3 is 0 Å². The quantitative estimate of drug-likeness (QED) is 0.802. The molecule has 1 aromatic rings. The Morgan fingerprint density at radius 3 is 2.79 bits per heavy atom. The predicted molar refractivity (Wildman–Crippen MR) is 56.9 cm³/mol. The fourth-order valence-corrected chi connectivity index (χ4v) is 2.36. The van der Waals surface area contributed by atoms with Crippen LogP contribution >= 0.6 is 11.5 Å². The number of anilines is 1. The maximum Gasteiger partial charge on any atom is 0.205 e. The molecule has 14 heavy (non-hydrogen) atoms. The molecule has 4 nitrogen and oxygen atoms in total. The Kier molecular flexibility index (Phi) is 1.95. The van der Waals surface area contributed by atoms with Crippen molar-refractivity contribution < 1.29 is 0 Å². The van der Waals surface area contributed by atoms with Crippen LogP contribution in [0.15, 0.2) is 0 Å². The van der Waals surface area contributed by atoms with Gasteiger partial charge in [-0.05, 0) is 12.8 Å². The number of aromatic nitrogens is 2. The zero-order valence-electron chi connectivity index (χ0n) is 8.23. The molecule has 1 aliphatic carbocycles. The molecule has 1 saturated carbocycles. The number of rotatable bonds is 3. The van der Waals surface area contributed by atoms with Gasteiger partial charge < -0.3 is 10.2 Å². The molecule has 1 saturated heterocycles. The first-order valence-corrected chi connectivity index (χ1v) is 5.89. The Bertz CT molecular complexity index is 329. The Labute approximate surface area is 87.5 Å². The average molecular weight is 210 g/mol. The Hall–Kier alpha value is -0.680. The number of nitrogens with one attached hydrogen (secondary N) is 1. The Morgan fingerprint density at radius 2 is 2.21 bits per heavy atom. The second kappa shape index (κ2) is 3.17. The van der Waals surface area contributed by atoms with Crippen LogP contribution in [0.2, 0.25) is 0 Å². The van der Waals surface area contributed by atoms with Gasteiger partial charge in [-0.25, -0.2) is 4.98 Å². The van der Waals surface area contributed by atoms with Crippen molar-refractivity contribution in [3.63, 3.8) is 0 Å². The van der Waals surface area contributed by atoms with Gasteiger partial charge in [0, 0.05) is 37.6 Å². The van der Waals surface area contributed by atoms with E-state index in [1.165, 1.54) is 12.8 Å². The summed E-state index contributed by atoms with van der Waals surface area (Å²) in [4.78, 5) is 6.83. The van der Waals surface area contributed by atoms with Crippen LogP contribution in [0.25, 0.3) is 0 Å². The van der Waals surface area contributed by atoms with Gasteiger partial charge in [-0.2, -0.15) is 4.37 Å². The van der Waals surface area contributed by atoms with E-state index in [0.29, 0.717) is 12.0 Å². The molecule has 1 aromatic heterocycles. The molecule has 0 radical (unpaired) electrons. The highest BCUT2D eigenvalue weighted by Gasteiger charge is 2.30. The molecule has 2 aliphatic rings. The Balaban J connectivity index is 1.74. The van der Waals surface area contributed by atoms with Gasteiger partial charge in [0.25, 0.3) is 0 Å². The summed E-state index contributed by atoms with van der Waals surface area (Å²) in [5, 5.41) is 4.35. The first kappa shape index (κ1) is 8.61. The molecule has 2 fully saturated rings. The number of hydrogen-bond acceptors (Lipinski definition) is 5. The normalized spacial score (nSPS) is 22.1. The second-order valence-electron chi connectivity index (χ2n) is 4.13. The third kappa shape index (κ3) is 1.40. The fraction of sp³-hybridized carbons (Fsp3) is 0.778. The van der Waals surface area contributed by atoms with Crippen LogP contribution in [0.4, 0.5) is 5.13 Å². The zero-order chi connectivity index (χ0) is 9.54. The summed E-state index contributed by atoms with van der Waals surface area (Å²) < 4.78 is 4.41. The molecule has 0 spiro atoms. The first-order chi connectivity index (χ1) is 6.84. The van der Waals surface area contributed by atoms with Gasteiger partial charge in [0.2, 0.25) is 5.13 Å². The molecule has 3 rings (SSSR count). The summed E-state index contributed by atoms with van der Waals surface area (Å²) in [5.41, 5.74) is 0. The van der Waals surface area contributed by atoms with Crippen LogP contribution in [-0.4, -0.2) is 35.5 Å². The molecular formula is C9H14N4S. The monoisotopic (exact) mass is 210 g/mol. The van der Waals surface area contributed by atoms with Gasteiger partial charge in [0.05, 0.1) is 6.04 Å². The highest BCUT2D eigenvalue weighted by molar-refractivity contribution is 7.09. The lowest BCUT2D eigenvalue weighted by molar-refractivity contribution is 0.428. The molecule has 0 atom stereocenters. The molecule has 0 aromatic carbocycles. The lowest BCUT2D eigenvalue weighted by Crippen LogP contribution is -2.56. The number of hydrogen-bond donors (Lipinski definition) is 1. The van der Waals surface area contributed by atoms with Crippen LogP contribution < -0.4 is 10.2 Å². The number of nitrogens with zero attached hydrogens (tertiary/aromatic N) is 3. The van der Waals surface area contributed by atoms with Crippen LogP contribution in [0, 0.1) is 0 Å². The summed E-state index contributed by atoms with van der Waals surface area (Å²) in [5.74, 6) is 1.75. The van der Waals surface area contributed by atoms with Crippen molar-refractivity contribution in [2.24, 2.45) is 0 Å². The largest absolute Gasteiger partial charge is 0.344 e. The minimum Gasteiger partial charge on any atom is -0.344 e. The van der Waals surface area contributed by atoms with Crippen LogP contribution in [-0.2, 0) is 0 Å². The molecule has 76 valence electrons. The fourth-order valence-electron chi connectivity index (χ4n) is 1.58. The zero-order valence-corrected chi connectivity index (χ0v) is 9.05. The van der Waals surface area contributed by atoms with E-state index in [-0.39, 0.29) is 0 Å². The maximum absolute atomic E-state index is 4.58. The van der Waals surface area contributed by atoms with Gasteiger partial charge in [-0.3, -0.25) is 0 Å². The highest BCUT2D eigenvalue weighted by Crippen LogP contribution is 2.39. The number of likely N-dealkylation sites (N-methyl/N-ethyl adjacent to an activating group) is 1. The lowest BCUT2D eigenvalue weighted by atomic mass is 10.2. The molecular weight excluding hydrogens is 196 g/mol. The van der Waals surface area contributed by atoms with Crippen molar-refractivity contribution >= 4 is 16.7 Å². The molecule has 0 bridgehead atoms. The van der Waals surface area contributed by atoms with Gasteiger partial charge in [-0.1, -0.05) is 0 Å². The molecule has 0 unspecified atom stereocenters. The molecule has 1 N–H and O–H groups in total. The Morgan fingerprint density at radius 1 is 1.43 bits per heavy atom. The van der Waals surface area contributed by atoms with E-state index in [4.69, 9.17) is 0 Å². The van der Waals surface area contributed by atoms with Crippen molar-refractivity contribution in [3.8, 4) is 0 Å². The van der Waals surface area contributed by atoms with Crippen LogP contribution in [0.3, 0.4) is 0 Å². The first-order valence-electron chi connectivity index (χ1n) is 5.12. The van der Waals surface area contributed by atoms with E-state index in [1.807, 2.05) is 0 Å². The van der Waals surface area contributed by atoms with Crippen LogP contribution in [0.1, 0.15) is 24.6 Å². The minimum atomic E-state index is 0.620. The highest BCUT2D eigenvalue weighted by atomic mass is 32.1. The molecule has 5 heteroatoms. The topological polar surface area (TPSA) is 41.1 Å². The molecule has 2 heterocycles. The van der Waals surface area contributed by atoms with E-state index in [1.54, 1.807) is 11.5 Å². The molecule has 0 amide bonds. The van der Waals surface area contributed by atoms with Gasteiger partial charge in [-0.15, -0.1) is 0 Å². The summed E-state index contributed by atoms with van der Waals surface area (Å²) in [7, 11) is 2.11. The van der Waals surface area contributed by atoms with Gasteiger partial charge in [0.15, 0.2) is 0 Å². The summed E-state index contributed by atoms with van der Waals surface area (Å²) in [6.07, 6.45) is 2.57. The predicted octanol–water partition coefficient (Wildman–Crippen LogP) is 0.823. The van der Waals surface area contributed by atoms with E-state index >= 15 is 0 Å². The van der Waals surface area contributed by atoms with Crippen molar-refractivity contribution in [1.82, 2.24) is 14.7 Å². The van der Waals surface area contributed by atoms with E-state index in [9.17, 15) is 0 Å². The van der Waals surface area contributed by atoms with Crippen molar-refractivity contribution in [2.75, 3.05) is 25.0 Å². The summed E-state index contributed by atoms with van der Waals surface area (Å²) in [6.45, 7) is 2.16. The van der Waals surface area contributed by atoms with Crippen LogP contribution in [0.5, 0.6) is 0 Å².